The summed E-state index contributed by atoms with van der Waals surface area (Å²) in [6.45, 7) is 2.38. The van der Waals surface area contributed by atoms with E-state index in [4.69, 9.17) is 10.5 Å². The second-order valence-corrected chi connectivity index (χ2v) is 4.93. The number of aliphatic hydroxyl groups is 1. The van der Waals surface area contributed by atoms with E-state index >= 15 is 0 Å². The molecule has 2 aromatic rings. The van der Waals surface area contributed by atoms with Gasteiger partial charge in [-0.05, 0) is 29.7 Å². The quantitative estimate of drug-likeness (QED) is 0.879. The molecule has 2 unspecified atom stereocenters. The van der Waals surface area contributed by atoms with Crippen molar-refractivity contribution in [2.24, 2.45) is 5.73 Å². The maximum Gasteiger partial charge on any atom is 0.121 e. The van der Waals surface area contributed by atoms with Crippen molar-refractivity contribution < 1.29 is 9.84 Å². The lowest BCUT2D eigenvalue weighted by atomic mass is 9.88. The van der Waals surface area contributed by atoms with Crippen LogP contribution in [0.2, 0.25) is 0 Å². The van der Waals surface area contributed by atoms with E-state index in [1.165, 1.54) is 0 Å². The first-order chi connectivity index (χ1) is 9.67. The third-order valence-electron chi connectivity index (χ3n) is 3.62. The van der Waals surface area contributed by atoms with Gasteiger partial charge in [0.2, 0.25) is 0 Å². The van der Waals surface area contributed by atoms with Gasteiger partial charge in [0.25, 0.3) is 0 Å². The van der Waals surface area contributed by atoms with E-state index in [9.17, 15) is 5.11 Å². The first-order valence-electron chi connectivity index (χ1n) is 6.75. The summed E-state index contributed by atoms with van der Waals surface area (Å²) in [6.07, 6.45) is -0.603. The Hall–Kier alpha value is -1.84. The fraction of sp³-hybridized carbons (Fsp3) is 0.294. The zero-order valence-electron chi connectivity index (χ0n) is 11.9. The summed E-state index contributed by atoms with van der Waals surface area (Å²) in [4.78, 5) is 0. The van der Waals surface area contributed by atoms with Crippen molar-refractivity contribution in [1.29, 1.82) is 0 Å². The average Bonchev–Trinajstić information content (AvgIpc) is 2.49. The van der Waals surface area contributed by atoms with Crippen molar-refractivity contribution in [1.82, 2.24) is 0 Å². The summed E-state index contributed by atoms with van der Waals surface area (Å²) >= 11 is 0. The van der Waals surface area contributed by atoms with Crippen LogP contribution in [0.3, 0.4) is 0 Å². The Morgan fingerprint density at radius 3 is 2.35 bits per heavy atom. The molecule has 3 N–H and O–H groups in total. The molecule has 2 atom stereocenters. The number of benzene rings is 2. The van der Waals surface area contributed by atoms with Crippen LogP contribution in [0.1, 0.15) is 28.7 Å². The topological polar surface area (TPSA) is 55.5 Å². The zero-order chi connectivity index (χ0) is 14.5. The Balaban J connectivity index is 2.30. The van der Waals surface area contributed by atoms with Crippen molar-refractivity contribution in [2.45, 2.75) is 18.9 Å². The van der Waals surface area contributed by atoms with Gasteiger partial charge in [-0.3, -0.25) is 0 Å². The molecule has 0 saturated carbocycles. The third-order valence-corrected chi connectivity index (χ3v) is 3.62. The van der Waals surface area contributed by atoms with E-state index in [1.807, 2.05) is 55.5 Å². The highest BCUT2D eigenvalue weighted by molar-refractivity contribution is 5.38. The lowest BCUT2D eigenvalue weighted by molar-refractivity contribution is 0.147. The van der Waals surface area contributed by atoms with Crippen LogP contribution < -0.4 is 10.5 Å². The Kier molecular flexibility index (Phi) is 4.77. The van der Waals surface area contributed by atoms with Gasteiger partial charge in [-0.25, -0.2) is 0 Å². The molecule has 0 aliphatic heterocycles. The Labute approximate surface area is 120 Å². The second kappa shape index (κ2) is 6.55. The number of hydrogen-bond donors (Lipinski definition) is 2. The predicted molar refractivity (Wildman–Crippen MR) is 80.9 cm³/mol. The Bertz CT molecular complexity index is 554. The van der Waals surface area contributed by atoms with E-state index < -0.39 is 6.10 Å². The van der Waals surface area contributed by atoms with Crippen molar-refractivity contribution in [3.05, 3.63) is 65.2 Å². The summed E-state index contributed by atoms with van der Waals surface area (Å²) in [5.41, 5.74) is 8.83. The summed E-state index contributed by atoms with van der Waals surface area (Å²) in [6, 6.07) is 15.5. The van der Waals surface area contributed by atoms with Crippen LogP contribution in [0.25, 0.3) is 0 Å². The van der Waals surface area contributed by atoms with Gasteiger partial charge in [-0.15, -0.1) is 0 Å². The molecule has 0 amide bonds. The van der Waals surface area contributed by atoms with E-state index in [0.717, 1.165) is 22.4 Å². The van der Waals surface area contributed by atoms with Crippen LogP contribution in [0.15, 0.2) is 48.5 Å². The maximum atomic E-state index is 10.5. The first kappa shape index (κ1) is 14.6. The molecule has 0 saturated heterocycles. The molecule has 0 radical (unpaired) electrons. The molecule has 3 heteroatoms. The number of rotatable bonds is 5. The van der Waals surface area contributed by atoms with Gasteiger partial charge in [0, 0.05) is 12.5 Å². The van der Waals surface area contributed by atoms with E-state index in [0.29, 0.717) is 6.54 Å². The Morgan fingerprint density at radius 2 is 1.80 bits per heavy atom. The molecule has 0 heterocycles. The summed E-state index contributed by atoms with van der Waals surface area (Å²) in [7, 11) is 1.65. The number of hydrogen-bond acceptors (Lipinski definition) is 3. The Morgan fingerprint density at radius 1 is 1.10 bits per heavy atom. The predicted octanol–water partition coefficient (Wildman–Crippen LogP) is 2.78. The molecule has 0 aliphatic rings. The molecule has 0 spiro atoms. The second-order valence-electron chi connectivity index (χ2n) is 4.93. The molecule has 3 nitrogen and oxygen atoms in total. The molecular weight excluding hydrogens is 250 g/mol. The number of aliphatic hydroxyl groups excluding tert-OH is 1. The minimum absolute atomic E-state index is 0.123. The van der Waals surface area contributed by atoms with Gasteiger partial charge >= 0.3 is 0 Å². The lowest BCUT2D eigenvalue weighted by Gasteiger charge is -2.23. The maximum absolute atomic E-state index is 10.5. The van der Waals surface area contributed by atoms with Gasteiger partial charge in [0.15, 0.2) is 0 Å². The standard InChI is InChI=1S/C17H21NO2/c1-12-10-14(8-9-16(12)20-2)15(11-18)17(19)13-6-4-3-5-7-13/h3-10,15,17,19H,11,18H2,1-2H3. The fourth-order valence-electron chi connectivity index (χ4n) is 2.46. The van der Waals surface area contributed by atoms with Crippen LogP contribution in [0.5, 0.6) is 5.75 Å². The molecule has 106 valence electrons. The van der Waals surface area contributed by atoms with Crippen molar-refractivity contribution in [2.75, 3.05) is 13.7 Å². The number of methoxy groups -OCH3 is 1. The fourth-order valence-corrected chi connectivity index (χ4v) is 2.46. The number of nitrogens with two attached hydrogens (primary N) is 1. The summed E-state index contributed by atoms with van der Waals surface area (Å²) in [5, 5.41) is 10.5. The SMILES string of the molecule is COc1ccc(C(CN)C(O)c2ccccc2)cc1C. The molecule has 0 aromatic heterocycles. The molecule has 2 rings (SSSR count). The smallest absolute Gasteiger partial charge is 0.121 e. The van der Waals surface area contributed by atoms with Crippen LogP contribution >= 0.6 is 0 Å². The summed E-state index contributed by atoms with van der Waals surface area (Å²) in [5.74, 6) is 0.723. The van der Waals surface area contributed by atoms with Gasteiger partial charge in [-0.1, -0.05) is 42.5 Å². The van der Waals surface area contributed by atoms with Gasteiger partial charge < -0.3 is 15.6 Å². The van der Waals surface area contributed by atoms with Crippen LogP contribution in [-0.4, -0.2) is 18.8 Å². The van der Waals surface area contributed by atoms with Crippen molar-refractivity contribution >= 4 is 0 Å². The third kappa shape index (κ3) is 3.00. The van der Waals surface area contributed by atoms with Gasteiger partial charge in [-0.2, -0.15) is 0 Å². The first-order valence-corrected chi connectivity index (χ1v) is 6.75. The van der Waals surface area contributed by atoms with Crippen LogP contribution in [-0.2, 0) is 0 Å². The molecule has 0 bridgehead atoms. The average molecular weight is 271 g/mol. The van der Waals surface area contributed by atoms with Gasteiger partial charge in [0.05, 0.1) is 13.2 Å². The molecular formula is C17H21NO2. The van der Waals surface area contributed by atoms with E-state index in [1.54, 1.807) is 7.11 Å². The summed E-state index contributed by atoms with van der Waals surface area (Å²) < 4.78 is 5.26. The largest absolute Gasteiger partial charge is 0.496 e. The molecule has 20 heavy (non-hydrogen) atoms. The van der Waals surface area contributed by atoms with Gasteiger partial charge in [0.1, 0.15) is 5.75 Å². The van der Waals surface area contributed by atoms with E-state index in [-0.39, 0.29) is 5.92 Å². The normalized spacial score (nSPS) is 13.8. The number of aryl methyl sites for hydroxylation is 1. The highest BCUT2D eigenvalue weighted by atomic mass is 16.5. The van der Waals surface area contributed by atoms with Crippen molar-refractivity contribution in [3.63, 3.8) is 0 Å². The van der Waals surface area contributed by atoms with E-state index in [2.05, 4.69) is 0 Å². The zero-order valence-corrected chi connectivity index (χ0v) is 11.9. The van der Waals surface area contributed by atoms with Crippen LogP contribution in [0.4, 0.5) is 0 Å². The minimum Gasteiger partial charge on any atom is -0.496 e. The monoisotopic (exact) mass is 271 g/mol. The number of ether oxygens (including phenoxy) is 1. The minimum atomic E-state index is -0.603. The highest BCUT2D eigenvalue weighted by Gasteiger charge is 2.21. The highest BCUT2D eigenvalue weighted by Crippen LogP contribution is 2.32. The molecule has 0 aliphatic carbocycles. The van der Waals surface area contributed by atoms with Crippen molar-refractivity contribution in [3.8, 4) is 5.75 Å². The van der Waals surface area contributed by atoms with Crippen LogP contribution in [0, 0.1) is 6.92 Å². The lowest BCUT2D eigenvalue weighted by Crippen LogP contribution is -2.20. The molecule has 0 fully saturated rings. The molecule has 2 aromatic carbocycles.